The van der Waals surface area contributed by atoms with Gasteiger partial charge in [0.15, 0.2) is 0 Å². The quantitative estimate of drug-likeness (QED) is 0.247. The van der Waals surface area contributed by atoms with Gasteiger partial charge in [0.25, 0.3) is 0 Å². The fourth-order valence-corrected chi connectivity index (χ4v) is 6.42. The lowest BCUT2D eigenvalue weighted by atomic mass is 9.85. The van der Waals surface area contributed by atoms with E-state index >= 15 is 0 Å². The van der Waals surface area contributed by atoms with Gasteiger partial charge in [-0.2, -0.15) is 0 Å². The van der Waals surface area contributed by atoms with E-state index in [0.717, 1.165) is 76.7 Å². The number of ether oxygens (including phenoxy) is 1. The molecule has 0 saturated carbocycles. The first kappa shape index (κ1) is 26.5. The predicted molar refractivity (Wildman–Crippen MR) is 152 cm³/mol. The molecule has 4 aromatic rings. The predicted octanol–water partition coefficient (Wildman–Crippen LogP) is 5.02. The number of aromatic nitrogens is 3. The van der Waals surface area contributed by atoms with Crippen LogP contribution in [0.5, 0.6) is 11.5 Å². The molecule has 0 radical (unpaired) electrons. The van der Waals surface area contributed by atoms with E-state index < -0.39 is 0 Å². The first-order valence-corrected chi connectivity index (χ1v) is 14.0. The summed E-state index contributed by atoms with van der Waals surface area (Å²) in [6, 6.07) is 9.92. The number of hydrogen-bond acceptors (Lipinski definition) is 9. The van der Waals surface area contributed by atoms with Gasteiger partial charge < -0.3 is 20.3 Å². The maximum absolute atomic E-state index is 9.29. The zero-order chi connectivity index (χ0) is 26.5. The van der Waals surface area contributed by atoms with Gasteiger partial charge in [0.1, 0.15) is 28.5 Å². The third-order valence-corrected chi connectivity index (χ3v) is 8.35. The van der Waals surface area contributed by atoms with Gasteiger partial charge >= 0.3 is 0 Å². The van der Waals surface area contributed by atoms with Gasteiger partial charge in [-0.05, 0) is 93.5 Å². The number of fused-ring (bicyclic) bond motifs is 3. The van der Waals surface area contributed by atoms with Crippen LogP contribution in [0.1, 0.15) is 34.5 Å². The molecule has 0 fully saturated rings. The van der Waals surface area contributed by atoms with Crippen molar-refractivity contribution in [1.82, 2.24) is 19.9 Å². The molecular weight excluding hydrogens is 498 g/mol. The highest BCUT2D eigenvalue weighted by Gasteiger charge is 2.25. The van der Waals surface area contributed by atoms with Crippen LogP contribution in [-0.2, 0) is 12.8 Å². The summed E-state index contributed by atoms with van der Waals surface area (Å²) in [5, 5.41) is 23.3. The van der Waals surface area contributed by atoms with Crippen molar-refractivity contribution in [3.8, 4) is 11.5 Å². The molecule has 1 unspecified atom stereocenters. The van der Waals surface area contributed by atoms with Crippen molar-refractivity contribution in [1.29, 1.82) is 0 Å². The van der Waals surface area contributed by atoms with Crippen LogP contribution >= 0.6 is 11.3 Å². The van der Waals surface area contributed by atoms with Crippen molar-refractivity contribution in [3.05, 3.63) is 64.6 Å². The number of hydrogen-bond donors (Lipinski definition) is 3. The topological polar surface area (TPSA) is 104 Å². The van der Waals surface area contributed by atoms with E-state index in [0.29, 0.717) is 19.0 Å². The molecule has 3 heterocycles. The molecule has 200 valence electrons. The lowest BCUT2D eigenvalue weighted by Gasteiger charge is -2.26. The first-order valence-electron chi connectivity index (χ1n) is 13.2. The highest BCUT2D eigenvalue weighted by atomic mass is 32.1. The Morgan fingerprint density at radius 1 is 1.05 bits per heavy atom. The standard InChI is InChI=1S/C29H35N5O3S/c1-19-15-22(5-8-25(19)37-23-6-3-20(2)30-17-23)33-28-27-24-7-4-21(9-10-34(11-13-35)12-14-36)16-26(24)38-29(27)32-18-31-28/h3,5-6,8,15,17-18,21,35-36H,4,7,9-14,16H2,1-2H3,(H,31,32,33). The number of nitrogens with zero attached hydrogens (tertiary/aromatic N) is 4. The molecule has 9 heteroatoms. The maximum Gasteiger partial charge on any atom is 0.145 e. The van der Waals surface area contributed by atoms with Crippen LogP contribution in [0.4, 0.5) is 11.5 Å². The second-order valence-corrected chi connectivity index (χ2v) is 11.0. The Kier molecular flexibility index (Phi) is 8.48. The molecule has 0 saturated heterocycles. The molecule has 5 rings (SSSR count). The number of thiophene rings is 1. The molecule has 8 nitrogen and oxygen atoms in total. The van der Waals surface area contributed by atoms with E-state index in [1.54, 1.807) is 23.9 Å². The van der Waals surface area contributed by atoms with Crippen LogP contribution in [0.25, 0.3) is 10.2 Å². The summed E-state index contributed by atoms with van der Waals surface area (Å²) in [7, 11) is 0. The molecule has 1 aromatic carbocycles. The summed E-state index contributed by atoms with van der Waals surface area (Å²) in [5.41, 5.74) is 4.31. The monoisotopic (exact) mass is 533 g/mol. The number of aliphatic hydroxyl groups excluding tert-OH is 2. The van der Waals surface area contributed by atoms with Crippen molar-refractivity contribution < 1.29 is 14.9 Å². The Morgan fingerprint density at radius 3 is 2.63 bits per heavy atom. The van der Waals surface area contributed by atoms with Crippen molar-refractivity contribution in [2.24, 2.45) is 5.92 Å². The van der Waals surface area contributed by atoms with E-state index in [1.165, 1.54) is 10.4 Å². The minimum Gasteiger partial charge on any atom is -0.455 e. The summed E-state index contributed by atoms with van der Waals surface area (Å²) in [6.45, 7) is 6.36. The molecule has 0 aliphatic heterocycles. The molecule has 3 aromatic heterocycles. The first-order chi connectivity index (χ1) is 18.5. The molecule has 0 amide bonds. The van der Waals surface area contributed by atoms with Crippen molar-refractivity contribution >= 4 is 33.1 Å². The van der Waals surface area contributed by atoms with Gasteiger partial charge in [-0.15, -0.1) is 11.3 Å². The van der Waals surface area contributed by atoms with E-state index in [-0.39, 0.29) is 13.2 Å². The third-order valence-electron chi connectivity index (χ3n) is 7.18. The molecular formula is C29H35N5O3S. The van der Waals surface area contributed by atoms with Crippen molar-refractivity contribution in [2.45, 2.75) is 39.5 Å². The van der Waals surface area contributed by atoms with Crippen LogP contribution < -0.4 is 10.1 Å². The Morgan fingerprint density at radius 2 is 1.89 bits per heavy atom. The summed E-state index contributed by atoms with van der Waals surface area (Å²) in [4.78, 5) is 18.1. The lowest BCUT2D eigenvalue weighted by molar-refractivity contribution is 0.153. The summed E-state index contributed by atoms with van der Waals surface area (Å²) >= 11 is 1.78. The number of pyridine rings is 1. The van der Waals surface area contributed by atoms with Crippen LogP contribution in [0, 0.1) is 19.8 Å². The van der Waals surface area contributed by atoms with Crippen LogP contribution in [0.3, 0.4) is 0 Å². The summed E-state index contributed by atoms with van der Waals surface area (Å²) in [6.07, 6.45) is 7.62. The average molecular weight is 534 g/mol. The number of rotatable bonds is 11. The van der Waals surface area contributed by atoms with Gasteiger partial charge in [0.2, 0.25) is 0 Å². The van der Waals surface area contributed by atoms with E-state index in [2.05, 4.69) is 31.2 Å². The van der Waals surface area contributed by atoms with Gasteiger partial charge in [0.05, 0.1) is 24.8 Å². The summed E-state index contributed by atoms with van der Waals surface area (Å²) in [5.74, 6) is 2.96. The van der Waals surface area contributed by atoms with Crippen LogP contribution in [-0.4, -0.2) is 62.9 Å². The largest absolute Gasteiger partial charge is 0.455 e. The smallest absolute Gasteiger partial charge is 0.145 e. The highest BCUT2D eigenvalue weighted by molar-refractivity contribution is 7.19. The Balaban J connectivity index is 1.30. The Hall–Kier alpha value is -3.11. The minimum absolute atomic E-state index is 0.124. The van der Waals surface area contributed by atoms with E-state index in [4.69, 9.17) is 4.74 Å². The number of nitrogens with one attached hydrogen (secondary N) is 1. The maximum atomic E-state index is 9.29. The van der Waals surface area contributed by atoms with Crippen LogP contribution in [0.2, 0.25) is 0 Å². The van der Waals surface area contributed by atoms with Gasteiger partial charge in [-0.3, -0.25) is 9.88 Å². The molecule has 0 spiro atoms. The minimum atomic E-state index is 0.124. The molecule has 1 atom stereocenters. The number of anilines is 2. The number of aliphatic hydroxyl groups is 2. The Bertz CT molecular complexity index is 1370. The van der Waals surface area contributed by atoms with Crippen molar-refractivity contribution in [2.75, 3.05) is 38.2 Å². The second-order valence-electron chi connectivity index (χ2n) is 9.94. The lowest BCUT2D eigenvalue weighted by Crippen LogP contribution is -2.32. The Labute approximate surface area is 227 Å². The van der Waals surface area contributed by atoms with Gasteiger partial charge in [-0.1, -0.05) is 0 Å². The molecule has 38 heavy (non-hydrogen) atoms. The number of aryl methyl sites for hydroxylation is 3. The van der Waals surface area contributed by atoms with Crippen LogP contribution in [0.15, 0.2) is 42.9 Å². The van der Waals surface area contributed by atoms with Gasteiger partial charge in [-0.25, -0.2) is 9.97 Å². The van der Waals surface area contributed by atoms with Crippen molar-refractivity contribution in [3.63, 3.8) is 0 Å². The van der Waals surface area contributed by atoms with E-state index in [9.17, 15) is 10.2 Å². The fraction of sp³-hybridized carbons (Fsp3) is 0.414. The molecule has 1 aliphatic rings. The SMILES string of the molecule is Cc1ccc(Oc2ccc(Nc3ncnc4sc5c(c34)CCC(CCN(CCO)CCO)C5)cc2C)cn1. The fourth-order valence-electron chi connectivity index (χ4n) is 5.12. The van der Waals surface area contributed by atoms with E-state index in [1.807, 2.05) is 38.1 Å². The normalized spacial score (nSPS) is 15.1. The second kappa shape index (κ2) is 12.2. The zero-order valence-corrected chi connectivity index (χ0v) is 22.8. The molecule has 0 bridgehead atoms. The molecule has 1 aliphatic carbocycles. The zero-order valence-electron chi connectivity index (χ0n) is 22.0. The summed E-state index contributed by atoms with van der Waals surface area (Å²) < 4.78 is 6.03. The third kappa shape index (κ3) is 6.13. The molecule has 3 N–H and O–H groups in total. The number of benzene rings is 1. The van der Waals surface area contributed by atoms with Gasteiger partial charge in [0, 0.05) is 29.3 Å². The highest BCUT2D eigenvalue weighted by Crippen LogP contribution is 2.41. The average Bonchev–Trinajstić information content (AvgIpc) is 3.29.